The SMILES string of the molecule is CC(C)C(N)C1CCNC1. The van der Waals surface area contributed by atoms with Crippen LogP contribution in [0.25, 0.3) is 0 Å². The molecule has 2 heteroatoms. The molecule has 0 bridgehead atoms. The first-order chi connectivity index (χ1) is 4.72. The van der Waals surface area contributed by atoms with Crippen molar-refractivity contribution in [1.29, 1.82) is 0 Å². The Bertz CT molecular complexity index is 95.4. The van der Waals surface area contributed by atoms with Gasteiger partial charge in [0.2, 0.25) is 0 Å². The molecular weight excluding hydrogens is 124 g/mol. The molecule has 0 aromatic carbocycles. The van der Waals surface area contributed by atoms with Crippen LogP contribution < -0.4 is 11.1 Å². The second-order valence-corrected chi connectivity index (χ2v) is 3.57. The predicted octanol–water partition coefficient (Wildman–Crippen LogP) is 0.579. The van der Waals surface area contributed by atoms with E-state index in [0.29, 0.717) is 12.0 Å². The molecule has 1 aliphatic rings. The lowest BCUT2D eigenvalue weighted by Gasteiger charge is -2.21. The number of rotatable bonds is 2. The molecule has 3 N–H and O–H groups in total. The van der Waals surface area contributed by atoms with Crippen LogP contribution in [0.2, 0.25) is 0 Å². The number of nitrogens with two attached hydrogens (primary N) is 1. The van der Waals surface area contributed by atoms with Crippen LogP contribution in [0.3, 0.4) is 0 Å². The average molecular weight is 142 g/mol. The molecule has 2 nitrogen and oxygen atoms in total. The van der Waals surface area contributed by atoms with Gasteiger partial charge in [-0.05, 0) is 31.3 Å². The van der Waals surface area contributed by atoms with Crippen LogP contribution in [-0.2, 0) is 0 Å². The van der Waals surface area contributed by atoms with E-state index in [-0.39, 0.29) is 0 Å². The Labute approximate surface area is 63.2 Å². The molecule has 0 aromatic rings. The first-order valence-corrected chi connectivity index (χ1v) is 4.18. The minimum atomic E-state index is 0.398. The van der Waals surface area contributed by atoms with Crippen LogP contribution in [0, 0.1) is 11.8 Å². The Kier molecular flexibility index (Phi) is 2.69. The van der Waals surface area contributed by atoms with Crippen molar-refractivity contribution in [3.63, 3.8) is 0 Å². The van der Waals surface area contributed by atoms with Crippen LogP contribution in [-0.4, -0.2) is 19.1 Å². The molecule has 10 heavy (non-hydrogen) atoms. The number of nitrogens with one attached hydrogen (secondary N) is 1. The van der Waals surface area contributed by atoms with Gasteiger partial charge in [0.25, 0.3) is 0 Å². The molecule has 0 saturated carbocycles. The Morgan fingerprint density at radius 3 is 2.60 bits per heavy atom. The van der Waals surface area contributed by atoms with Crippen LogP contribution in [0.1, 0.15) is 20.3 Å². The van der Waals surface area contributed by atoms with E-state index in [4.69, 9.17) is 5.73 Å². The smallest absolute Gasteiger partial charge is 0.0103 e. The van der Waals surface area contributed by atoms with Crippen molar-refractivity contribution in [2.75, 3.05) is 13.1 Å². The lowest BCUT2D eigenvalue weighted by molar-refractivity contribution is 0.363. The highest BCUT2D eigenvalue weighted by Crippen LogP contribution is 2.16. The Balaban J connectivity index is 2.32. The summed E-state index contributed by atoms with van der Waals surface area (Å²) < 4.78 is 0. The molecule has 0 aliphatic carbocycles. The van der Waals surface area contributed by atoms with E-state index in [1.807, 2.05) is 0 Å². The van der Waals surface area contributed by atoms with E-state index in [9.17, 15) is 0 Å². The summed E-state index contributed by atoms with van der Waals surface area (Å²) in [6, 6.07) is 0.398. The average Bonchev–Trinajstić information content (AvgIpc) is 2.36. The maximum absolute atomic E-state index is 5.98. The van der Waals surface area contributed by atoms with Crippen molar-refractivity contribution in [3.8, 4) is 0 Å². The van der Waals surface area contributed by atoms with Crippen molar-refractivity contribution in [2.24, 2.45) is 17.6 Å². The Hall–Kier alpha value is -0.0800. The van der Waals surface area contributed by atoms with E-state index < -0.39 is 0 Å². The molecule has 1 saturated heterocycles. The third-order valence-corrected chi connectivity index (χ3v) is 2.41. The zero-order chi connectivity index (χ0) is 7.56. The second-order valence-electron chi connectivity index (χ2n) is 3.57. The first kappa shape index (κ1) is 8.02. The molecule has 2 unspecified atom stereocenters. The topological polar surface area (TPSA) is 38.0 Å². The fraction of sp³-hybridized carbons (Fsp3) is 1.00. The quantitative estimate of drug-likeness (QED) is 0.592. The van der Waals surface area contributed by atoms with Gasteiger partial charge in [0.15, 0.2) is 0 Å². The monoisotopic (exact) mass is 142 g/mol. The van der Waals surface area contributed by atoms with Crippen molar-refractivity contribution < 1.29 is 0 Å². The maximum Gasteiger partial charge on any atom is 0.0103 e. The Morgan fingerprint density at radius 2 is 2.20 bits per heavy atom. The molecular formula is C8H18N2. The highest BCUT2D eigenvalue weighted by molar-refractivity contribution is 4.82. The lowest BCUT2D eigenvalue weighted by atomic mass is 9.91. The summed E-state index contributed by atoms with van der Waals surface area (Å²) >= 11 is 0. The van der Waals surface area contributed by atoms with Crippen molar-refractivity contribution in [3.05, 3.63) is 0 Å². The molecule has 0 amide bonds. The van der Waals surface area contributed by atoms with E-state index >= 15 is 0 Å². The van der Waals surface area contributed by atoms with Gasteiger partial charge < -0.3 is 11.1 Å². The molecule has 0 spiro atoms. The molecule has 1 rings (SSSR count). The summed E-state index contributed by atoms with van der Waals surface area (Å²) in [4.78, 5) is 0. The summed E-state index contributed by atoms with van der Waals surface area (Å²) in [5, 5.41) is 3.33. The third-order valence-electron chi connectivity index (χ3n) is 2.41. The molecule has 60 valence electrons. The largest absolute Gasteiger partial charge is 0.327 e. The predicted molar refractivity (Wildman–Crippen MR) is 43.8 cm³/mol. The van der Waals surface area contributed by atoms with Gasteiger partial charge in [-0.15, -0.1) is 0 Å². The van der Waals surface area contributed by atoms with Crippen molar-refractivity contribution >= 4 is 0 Å². The van der Waals surface area contributed by atoms with E-state index in [1.54, 1.807) is 0 Å². The van der Waals surface area contributed by atoms with Crippen LogP contribution in [0.5, 0.6) is 0 Å². The first-order valence-electron chi connectivity index (χ1n) is 4.18. The number of hydrogen-bond donors (Lipinski definition) is 2. The summed E-state index contributed by atoms with van der Waals surface area (Å²) in [6.07, 6.45) is 1.26. The van der Waals surface area contributed by atoms with Gasteiger partial charge in [-0.2, -0.15) is 0 Å². The molecule has 1 heterocycles. The van der Waals surface area contributed by atoms with E-state index in [0.717, 1.165) is 19.0 Å². The van der Waals surface area contributed by atoms with Gasteiger partial charge in [0.05, 0.1) is 0 Å². The van der Waals surface area contributed by atoms with Crippen LogP contribution >= 0.6 is 0 Å². The minimum Gasteiger partial charge on any atom is -0.327 e. The Morgan fingerprint density at radius 1 is 1.50 bits per heavy atom. The third kappa shape index (κ3) is 1.70. The lowest BCUT2D eigenvalue weighted by Crippen LogP contribution is -2.36. The fourth-order valence-electron chi connectivity index (χ4n) is 1.55. The standard InChI is InChI=1S/C8H18N2/c1-6(2)8(9)7-3-4-10-5-7/h6-8,10H,3-5,9H2,1-2H3. The summed E-state index contributed by atoms with van der Waals surface area (Å²) in [5.74, 6) is 1.35. The summed E-state index contributed by atoms with van der Waals surface area (Å²) in [5.41, 5.74) is 5.98. The van der Waals surface area contributed by atoms with Gasteiger partial charge in [0.1, 0.15) is 0 Å². The fourth-order valence-corrected chi connectivity index (χ4v) is 1.55. The summed E-state index contributed by atoms with van der Waals surface area (Å²) in [6.45, 7) is 6.68. The van der Waals surface area contributed by atoms with E-state index in [1.165, 1.54) is 6.42 Å². The molecule has 2 atom stereocenters. The molecule has 1 fully saturated rings. The second kappa shape index (κ2) is 3.35. The highest BCUT2D eigenvalue weighted by Gasteiger charge is 2.23. The molecule has 1 aliphatic heterocycles. The van der Waals surface area contributed by atoms with Gasteiger partial charge in [0, 0.05) is 6.04 Å². The van der Waals surface area contributed by atoms with Gasteiger partial charge >= 0.3 is 0 Å². The van der Waals surface area contributed by atoms with Crippen molar-refractivity contribution in [2.45, 2.75) is 26.3 Å². The normalized spacial score (nSPS) is 29.4. The molecule has 0 aromatic heterocycles. The van der Waals surface area contributed by atoms with Gasteiger partial charge in [-0.3, -0.25) is 0 Å². The number of hydrogen-bond acceptors (Lipinski definition) is 2. The maximum atomic E-state index is 5.98. The molecule has 0 radical (unpaired) electrons. The summed E-state index contributed by atoms with van der Waals surface area (Å²) in [7, 11) is 0. The zero-order valence-corrected chi connectivity index (χ0v) is 6.93. The van der Waals surface area contributed by atoms with E-state index in [2.05, 4.69) is 19.2 Å². The van der Waals surface area contributed by atoms with Crippen LogP contribution in [0.15, 0.2) is 0 Å². The van der Waals surface area contributed by atoms with Gasteiger partial charge in [-0.1, -0.05) is 13.8 Å². The minimum absolute atomic E-state index is 0.398. The van der Waals surface area contributed by atoms with Gasteiger partial charge in [-0.25, -0.2) is 0 Å². The van der Waals surface area contributed by atoms with Crippen molar-refractivity contribution in [1.82, 2.24) is 5.32 Å². The highest BCUT2D eigenvalue weighted by atomic mass is 14.9. The van der Waals surface area contributed by atoms with Crippen LogP contribution in [0.4, 0.5) is 0 Å². The zero-order valence-electron chi connectivity index (χ0n) is 6.93.